The molecule has 7 heteroatoms. The van der Waals surface area contributed by atoms with Crippen LogP contribution >= 0.6 is 11.6 Å². The minimum Gasteiger partial charge on any atom is -0.395 e. The van der Waals surface area contributed by atoms with Crippen LogP contribution in [0.15, 0.2) is 18.2 Å². The van der Waals surface area contributed by atoms with Gasteiger partial charge in [0.05, 0.1) is 17.4 Å². The van der Waals surface area contributed by atoms with Gasteiger partial charge in [0.1, 0.15) is 5.82 Å². The van der Waals surface area contributed by atoms with Gasteiger partial charge in [-0.05, 0) is 24.6 Å². The average Bonchev–Trinajstić information content (AvgIpc) is 2.22. The van der Waals surface area contributed by atoms with Crippen molar-refractivity contribution in [1.82, 2.24) is 4.72 Å². The molecule has 0 unspecified atom stereocenters. The highest BCUT2D eigenvalue weighted by atomic mass is 35.5. The first kappa shape index (κ1) is 14.4. The third kappa shape index (κ3) is 4.59. The van der Waals surface area contributed by atoms with Crippen LogP contribution in [0.2, 0.25) is 5.02 Å². The smallest absolute Gasteiger partial charge is 0.216 e. The van der Waals surface area contributed by atoms with Crippen molar-refractivity contribution in [2.75, 3.05) is 6.61 Å². The van der Waals surface area contributed by atoms with E-state index in [1.807, 2.05) is 0 Å². The molecular formula is C10H13ClFNO3S. The van der Waals surface area contributed by atoms with Crippen LogP contribution in [0.4, 0.5) is 4.39 Å². The van der Waals surface area contributed by atoms with Crippen molar-refractivity contribution in [2.45, 2.75) is 18.7 Å². The van der Waals surface area contributed by atoms with Crippen LogP contribution in [-0.2, 0) is 15.8 Å². The maximum Gasteiger partial charge on any atom is 0.216 e. The fraction of sp³-hybridized carbons (Fsp3) is 0.400. The fourth-order valence-electron chi connectivity index (χ4n) is 1.23. The van der Waals surface area contributed by atoms with Gasteiger partial charge in [-0.3, -0.25) is 0 Å². The maximum absolute atomic E-state index is 12.9. The molecule has 1 atom stereocenters. The summed E-state index contributed by atoms with van der Waals surface area (Å²) >= 11 is 5.55. The van der Waals surface area contributed by atoms with Crippen LogP contribution < -0.4 is 4.72 Å². The van der Waals surface area contributed by atoms with E-state index in [1.54, 1.807) is 0 Å². The number of hydrogen-bond acceptors (Lipinski definition) is 3. The number of benzene rings is 1. The van der Waals surface area contributed by atoms with Gasteiger partial charge in [0.15, 0.2) is 0 Å². The van der Waals surface area contributed by atoms with Gasteiger partial charge < -0.3 is 5.11 Å². The molecule has 4 nitrogen and oxygen atoms in total. The van der Waals surface area contributed by atoms with Crippen LogP contribution in [-0.4, -0.2) is 26.2 Å². The zero-order valence-electron chi connectivity index (χ0n) is 9.15. The Hall–Kier alpha value is -0.690. The van der Waals surface area contributed by atoms with E-state index in [0.29, 0.717) is 5.56 Å². The Bertz CT molecular complexity index is 492. The highest BCUT2D eigenvalue weighted by molar-refractivity contribution is 7.88. The summed E-state index contributed by atoms with van der Waals surface area (Å²) in [7, 11) is -3.57. The van der Waals surface area contributed by atoms with E-state index in [0.717, 1.165) is 6.07 Å². The molecule has 0 aromatic heterocycles. The van der Waals surface area contributed by atoms with Crippen molar-refractivity contribution in [3.8, 4) is 0 Å². The van der Waals surface area contributed by atoms with Crippen molar-refractivity contribution < 1.29 is 17.9 Å². The summed E-state index contributed by atoms with van der Waals surface area (Å²) in [4.78, 5) is 0. The van der Waals surface area contributed by atoms with Crippen molar-refractivity contribution in [3.63, 3.8) is 0 Å². The van der Waals surface area contributed by atoms with Crippen LogP contribution in [0, 0.1) is 5.82 Å². The van der Waals surface area contributed by atoms with E-state index in [1.165, 1.54) is 19.1 Å². The van der Waals surface area contributed by atoms with E-state index < -0.39 is 21.9 Å². The molecule has 0 saturated carbocycles. The topological polar surface area (TPSA) is 66.4 Å². The molecular weight excluding hydrogens is 269 g/mol. The quantitative estimate of drug-likeness (QED) is 0.854. The third-order valence-electron chi connectivity index (χ3n) is 2.00. The first-order chi connectivity index (χ1) is 7.84. The minimum absolute atomic E-state index is 0.118. The van der Waals surface area contributed by atoms with Crippen molar-refractivity contribution in [3.05, 3.63) is 34.6 Å². The molecule has 0 saturated heterocycles. The number of aliphatic hydroxyl groups is 1. The van der Waals surface area contributed by atoms with Gasteiger partial charge in [0, 0.05) is 6.04 Å². The molecule has 0 heterocycles. The zero-order valence-corrected chi connectivity index (χ0v) is 10.7. The monoisotopic (exact) mass is 281 g/mol. The van der Waals surface area contributed by atoms with Gasteiger partial charge in [0.2, 0.25) is 10.0 Å². The maximum atomic E-state index is 12.9. The third-order valence-corrected chi connectivity index (χ3v) is 3.76. The van der Waals surface area contributed by atoms with Crippen LogP contribution in [0.1, 0.15) is 12.5 Å². The Morgan fingerprint density at radius 1 is 1.53 bits per heavy atom. The summed E-state index contributed by atoms with van der Waals surface area (Å²) in [6, 6.07) is 3.17. The van der Waals surface area contributed by atoms with Gasteiger partial charge in [0.25, 0.3) is 0 Å². The highest BCUT2D eigenvalue weighted by Crippen LogP contribution is 2.17. The first-order valence-corrected chi connectivity index (χ1v) is 6.92. The van der Waals surface area contributed by atoms with Gasteiger partial charge in [-0.2, -0.15) is 0 Å². The summed E-state index contributed by atoms with van der Waals surface area (Å²) in [6.07, 6.45) is 0. The van der Waals surface area contributed by atoms with Crippen LogP contribution in [0.3, 0.4) is 0 Å². The number of halogens is 2. The molecule has 2 N–H and O–H groups in total. The van der Waals surface area contributed by atoms with Gasteiger partial charge in [-0.25, -0.2) is 17.5 Å². The molecule has 0 aliphatic rings. The molecule has 17 heavy (non-hydrogen) atoms. The first-order valence-electron chi connectivity index (χ1n) is 4.89. The Morgan fingerprint density at radius 3 is 2.71 bits per heavy atom. The van der Waals surface area contributed by atoms with Crippen molar-refractivity contribution >= 4 is 21.6 Å². The standard InChI is InChI=1S/C10H13ClFNO3S/c1-7(5-14)13-17(15,16)6-8-2-3-10(12)9(11)4-8/h2-4,7,13-14H,5-6H2,1H3/t7-/m1/s1. The number of sulfonamides is 1. The number of hydrogen-bond donors (Lipinski definition) is 2. The molecule has 0 bridgehead atoms. The second kappa shape index (κ2) is 5.77. The molecule has 0 radical (unpaired) electrons. The largest absolute Gasteiger partial charge is 0.395 e. The van der Waals surface area contributed by atoms with E-state index >= 15 is 0 Å². The van der Waals surface area contributed by atoms with Gasteiger partial charge >= 0.3 is 0 Å². The minimum atomic E-state index is -3.57. The Balaban J connectivity index is 2.80. The number of nitrogens with one attached hydrogen (secondary N) is 1. The fourth-order valence-corrected chi connectivity index (χ4v) is 2.83. The predicted octanol–water partition coefficient (Wildman–Crippen LogP) is 1.28. The Kier molecular flexibility index (Phi) is 4.88. The second-order valence-electron chi connectivity index (χ2n) is 3.71. The van der Waals surface area contributed by atoms with Gasteiger partial charge in [-0.1, -0.05) is 17.7 Å². The molecule has 0 aliphatic heterocycles. The Morgan fingerprint density at radius 2 is 2.18 bits per heavy atom. The average molecular weight is 282 g/mol. The van der Waals surface area contributed by atoms with E-state index in [9.17, 15) is 12.8 Å². The molecule has 1 aromatic rings. The summed E-state index contributed by atoms with van der Waals surface area (Å²) < 4.78 is 38.4. The number of rotatable bonds is 5. The molecule has 1 aromatic carbocycles. The molecule has 0 aliphatic carbocycles. The number of aliphatic hydroxyl groups excluding tert-OH is 1. The SMILES string of the molecule is C[C@H](CO)NS(=O)(=O)Cc1ccc(F)c(Cl)c1. The summed E-state index contributed by atoms with van der Waals surface area (Å²) in [5, 5.41) is 8.63. The molecule has 0 spiro atoms. The molecule has 0 amide bonds. The highest BCUT2D eigenvalue weighted by Gasteiger charge is 2.15. The summed E-state index contributed by atoms with van der Waals surface area (Å²) in [5.74, 6) is -0.901. The Labute approximate surface area is 104 Å². The van der Waals surface area contributed by atoms with Gasteiger partial charge in [-0.15, -0.1) is 0 Å². The van der Waals surface area contributed by atoms with E-state index in [4.69, 9.17) is 16.7 Å². The van der Waals surface area contributed by atoms with Crippen LogP contribution in [0.5, 0.6) is 0 Å². The lowest BCUT2D eigenvalue weighted by Gasteiger charge is -2.11. The predicted molar refractivity (Wildman–Crippen MR) is 63.7 cm³/mol. The van der Waals surface area contributed by atoms with Crippen molar-refractivity contribution in [2.24, 2.45) is 0 Å². The second-order valence-corrected chi connectivity index (χ2v) is 5.87. The van der Waals surface area contributed by atoms with Crippen molar-refractivity contribution in [1.29, 1.82) is 0 Å². The zero-order chi connectivity index (χ0) is 13.1. The lowest BCUT2D eigenvalue weighted by Crippen LogP contribution is -2.35. The van der Waals surface area contributed by atoms with E-state index in [2.05, 4.69) is 4.72 Å². The molecule has 1 rings (SSSR count). The van der Waals surface area contributed by atoms with Crippen LogP contribution in [0.25, 0.3) is 0 Å². The summed E-state index contributed by atoms with van der Waals surface area (Å²) in [6.45, 7) is 1.25. The molecule has 0 fully saturated rings. The van der Waals surface area contributed by atoms with E-state index in [-0.39, 0.29) is 17.4 Å². The lowest BCUT2D eigenvalue weighted by atomic mass is 10.2. The summed E-state index contributed by atoms with van der Waals surface area (Å²) in [5.41, 5.74) is 0.383. The lowest BCUT2D eigenvalue weighted by molar-refractivity contribution is 0.265. The molecule has 96 valence electrons. The normalized spacial score (nSPS) is 13.6.